The van der Waals surface area contributed by atoms with E-state index < -0.39 is 28.4 Å². The van der Waals surface area contributed by atoms with E-state index in [2.05, 4.69) is 15.9 Å². The molecule has 0 aliphatic carbocycles. The Hall–Kier alpha value is -1.45. The lowest BCUT2D eigenvalue weighted by Crippen LogP contribution is -2.32. The summed E-state index contributed by atoms with van der Waals surface area (Å²) in [4.78, 5) is 23.7. The van der Waals surface area contributed by atoms with Crippen LogP contribution in [-0.2, 0) is 14.8 Å². The summed E-state index contributed by atoms with van der Waals surface area (Å²) in [5.74, 6) is -1.64. The molecule has 21 heavy (non-hydrogen) atoms. The fourth-order valence-corrected chi connectivity index (χ4v) is 3.47. The van der Waals surface area contributed by atoms with Crippen molar-refractivity contribution in [1.82, 2.24) is 9.21 Å². The Kier molecular flexibility index (Phi) is 5.48. The minimum Gasteiger partial charge on any atom is -0.480 e. The van der Waals surface area contributed by atoms with Gasteiger partial charge in [-0.2, -0.15) is 0 Å². The topological polar surface area (TPSA) is 95.0 Å². The Bertz CT molecular complexity index is 672. The summed E-state index contributed by atoms with van der Waals surface area (Å²) >= 11 is 3.13. The van der Waals surface area contributed by atoms with Crippen molar-refractivity contribution in [2.24, 2.45) is 0 Å². The minimum absolute atomic E-state index is 0.0323. The highest BCUT2D eigenvalue weighted by molar-refractivity contribution is 9.10. The van der Waals surface area contributed by atoms with Crippen molar-refractivity contribution in [3.8, 4) is 0 Å². The lowest BCUT2D eigenvalue weighted by molar-refractivity contribution is -0.137. The molecular formula is C12H15BrN2O5S. The summed E-state index contributed by atoms with van der Waals surface area (Å²) in [6.07, 6.45) is 0. The van der Waals surface area contributed by atoms with Gasteiger partial charge in [-0.3, -0.25) is 9.59 Å². The van der Waals surface area contributed by atoms with Crippen molar-refractivity contribution in [2.45, 2.75) is 4.90 Å². The quantitative estimate of drug-likeness (QED) is 0.819. The molecule has 0 aromatic heterocycles. The Morgan fingerprint density at radius 1 is 1.24 bits per heavy atom. The molecule has 1 N–H and O–H groups in total. The molecule has 0 spiro atoms. The van der Waals surface area contributed by atoms with E-state index in [-0.39, 0.29) is 14.9 Å². The summed E-state index contributed by atoms with van der Waals surface area (Å²) in [5.41, 5.74) is 0.198. The van der Waals surface area contributed by atoms with Crippen molar-refractivity contribution < 1.29 is 23.1 Å². The first kappa shape index (κ1) is 17.6. The van der Waals surface area contributed by atoms with E-state index in [9.17, 15) is 18.0 Å². The van der Waals surface area contributed by atoms with E-state index in [1.54, 1.807) is 0 Å². The van der Waals surface area contributed by atoms with Crippen LogP contribution in [0.15, 0.2) is 27.6 Å². The van der Waals surface area contributed by atoms with E-state index in [1.165, 1.54) is 39.3 Å². The first-order valence-corrected chi connectivity index (χ1v) is 8.00. The van der Waals surface area contributed by atoms with Crippen LogP contribution < -0.4 is 0 Å². The number of amides is 1. The molecule has 0 unspecified atom stereocenters. The van der Waals surface area contributed by atoms with E-state index in [0.717, 1.165) is 9.21 Å². The Morgan fingerprint density at radius 3 is 2.24 bits per heavy atom. The SMILES string of the molecule is CN(CC(=O)O)C(=O)c1ccc(S(=O)(=O)N(C)C)c(Br)c1. The van der Waals surface area contributed by atoms with Crippen molar-refractivity contribution in [3.05, 3.63) is 28.2 Å². The van der Waals surface area contributed by atoms with Crippen LogP contribution in [0, 0.1) is 0 Å². The number of carbonyl (C=O) groups excluding carboxylic acids is 1. The summed E-state index contributed by atoms with van der Waals surface area (Å²) in [7, 11) is 0.543. The average Bonchev–Trinajstić information content (AvgIpc) is 2.36. The molecule has 0 fully saturated rings. The summed E-state index contributed by atoms with van der Waals surface area (Å²) < 4.78 is 25.4. The molecule has 1 aromatic rings. The molecule has 1 rings (SSSR count). The van der Waals surface area contributed by atoms with Gasteiger partial charge in [0.15, 0.2) is 0 Å². The first-order chi connectivity index (χ1) is 9.57. The molecule has 9 heteroatoms. The van der Waals surface area contributed by atoms with Crippen molar-refractivity contribution in [3.63, 3.8) is 0 Å². The number of carbonyl (C=O) groups is 2. The molecule has 0 radical (unpaired) electrons. The van der Waals surface area contributed by atoms with Crippen LogP contribution in [-0.4, -0.2) is 62.3 Å². The highest BCUT2D eigenvalue weighted by atomic mass is 79.9. The standard InChI is InChI=1S/C12H15BrN2O5S/c1-14(2)21(19,20)10-5-4-8(6-9(10)13)12(18)15(3)7-11(16)17/h4-6H,7H2,1-3H3,(H,16,17). The number of hydrogen-bond acceptors (Lipinski definition) is 4. The largest absolute Gasteiger partial charge is 0.480 e. The van der Waals surface area contributed by atoms with E-state index in [0.29, 0.717) is 0 Å². The van der Waals surface area contributed by atoms with Gasteiger partial charge in [0.05, 0.1) is 4.90 Å². The number of carboxylic acids is 1. The second-order valence-electron chi connectivity index (χ2n) is 4.49. The molecule has 0 atom stereocenters. The van der Waals surface area contributed by atoms with Gasteiger partial charge in [0.25, 0.3) is 5.91 Å². The molecule has 0 saturated heterocycles. The molecule has 0 bridgehead atoms. The molecule has 1 amide bonds. The Morgan fingerprint density at radius 2 is 1.81 bits per heavy atom. The second-order valence-corrected chi connectivity index (χ2v) is 7.46. The third-order valence-electron chi connectivity index (χ3n) is 2.66. The van der Waals surface area contributed by atoms with Gasteiger partial charge in [-0.1, -0.05) is 0 Å². The van der Waals surface area contributed by atoms with Crippen molar-refractivity contribution in [2.75, 3.05) is 27.7 Å². The molecule has 0 heterocycles. The van der Waals surface area contributed by atoms with Crippen LogP contribution in [0.3, 0.4) is 0 Å². The third-order valence-corrected chi connectivity index (χ3v) is 5.45. The molecule has 0 saturated carbocycles. The van der Waals surface area contributed by atoms with E-state index >= 15 is 0 Å². The maximum Gasteiger partial charge on any atom is 0.323 e. The minimum atomic E-state index is -3.62. The van der Waals surface area contributed by atoms with Gasteiger partial charge in [-0.25, -0.2) is 12.7 Å². The van der Waals surface area contributed by atoms with Crippen LogP contribution in [0.1, 0.15) is 10.4 Å². The Balaban J connectivity index is 3.14. The zero-order valence-corrected chi connectivity index (χ0v) is 14.1. The van der Waals surface area contributed by atoms with Gasteiger partial charge < -0.3 is 10.0 Å². The van der Waals surface area contributed by atoms with Gasteiger partial charge >= 0.3 is 5.97 Å². The van der Waals surface area contributed by atoms with Crippen LogP contribution in [0.5, 0.6) is 0 Å². The van der Waals surface area contributed by atoms with Gasteiger partial charge in [0.1, 0.15) is 6.54 Å². The second kappa shape index (κ2) is 6.54. The number of sulfonamides is 1. The van der Waals surface area contributed by atoms with Gasteiger partial charge in [-0.15, -0.1) is 0 Å². The lowest BCUT2D eigenvalue weighted by atomic mass is 10.2. The number of rotatable bonds is 5. The number of carboxylic acid groups (broad SMARTS) is 1. The first-order valence-electron chi connectivity index (χ1n) is 5.76. The average molecular weight is 379 g/mol. The Labute approximate surface area is 131 Å². The summed E-state index contributed by atoms with van der Waals surface area (Å²) in [6, 6.07) is 4.01. The number of benzene rings is 1. The molecule has 0 aliphatic heterocycles. The molecule has 7 nitrogen and oxygen atoms in total. The zero-order valence-electron chi connectivity index (χ0n) is 11.7. The highest BCUT2D eigenvalue weighted by Gasteiger charge is 2.22. The van der Waals surface area contributed by atoms with Crippen LogP contribution in [0.25, 0.3) is 0 Å². The normalized spacial score (nSPS) is 11.5. The number of nitrogens with zero attached hydrogens (tertiary/aromatic N) is 2. The van der Waals surface area contributed by atoms with Gasteiger partial charge in [-0.05, 0) is 34.1 Å². The summed E-state index contributed by atoms with van der Waals surface area (Å²) in [6.45, 7) is -0.436. The van der Waals surface area contributed by atoms with Crippen molar-refractivity contribution >= 4 is 37.8 Å². The van der Waals surface area contributed by atoms with Gasteiger partial charge in [0, 0.05) is 31.2 Å². The predicted octanol–water partition coefficient (Wildman–Crippen LogP) is 0.856. The molecule has 1 aromatic carbocycles. The highest BCUT2D eigenvalue weighted by Crippen LogP contribution is 2.25. The van der Waals surface area contributed by atoms with Crippen molar-refractivity contribution in [1.29, 1.82) is 0 Å². The monoisotopic (exact) mass is 378 g/mol. The third kappa shape index (κ3) is 4.02. The summed E-state index contributed by atoms with van der Waals surface area (Å²) in [5, 5.41) is 8.66. The molecule has 116 valence electrons. The lowest BCUT2D eigenvalue weighted by Gasteiger charge is -2.16. The van der Waals surface area contributed by atoms with Crippen LogP contribution >= 0.6 is 15.9 Å². The fraction of sp³-hybridized carbons (Fsp3) is 0.333. The number of aliphatic carboxylic acids is 1. The molecule has 0 aliphatic rings. The van der Waals surface area contributed by atoms with E-state index in [4.69, 9.17) is 5.11 Å². The zero-order chi connectivity index (χ0) is 16.4. The predicted molar refractivity (Wildman–Crippen MR) is 79.6 cm³/mol. The van der Waals surface area contributed by atoms with Crippen LogP contribution in [0.2, 0.25) is 0 Å². The van der Waals surface area contributed by atoms with Crippen LogP contribution in [0.4, 0.5) is 0 Å². The van der Waals surface area contributed by atoms with E-state index in [1.807, 2.05) is 0 Å². The maximum absolute atomic E-state index is 12.0. The fourth-order valence-electron chi connectivity index (χ4n) is 1.53. The number of halogens is 1. The maximum atomic E-state index is 12.0. The molecular weight excluding hydrogens is 364 g/mol. The number of likely N-dealkylation sites (N-methyl/N-ethyl adjacent to an activating group) is 1. The van der Waals surface area contributed by atoms with Gasteiger partial charge in [0.2, 0.25) is 10.0 Å². The smallest absolute Gasteiger partial charge is 0.323 e. The number of hydrogen-bond donors (Lipinski definition) is 1.